The van der Waals surface area contributed by atoms with Gasteiger partial charge in [-0.05, 0) is 12.3 Å². The van der Waals surface area contributed by atoms with Crippen LogP contribution in [0.4, 0.5) is 5.88 Å². The fraction of sp³-hybridized carbons (Fsp3) is 0.556. The molecule has 0 N–H and O–H groups in total. The van der Waals surface area contributed by atoms with E-state index in [0.29, 0.717) is 18.2 Å². The van der Waals surface area contributed by atoms with Crippen molar-refractivity contribution in [2.24, 2.45) is 0 Å². The van der Waals surface area contributed by atoms with Crippen LogP contribution >= 0.6 is 0 Å². The van der Waals surface area contributed by atoms with Gasteiger partial charge in [0.15, 0.2) is 0 Å². The molecular formula is C9H12N2O2. The van der Waals surface area contributed by atoms with E-state index in [2.05, 4.69) is 12.1 Å². The van der Waals surface area contributed by atoms with Gasteiger partial charge in [-0.2, -0.15) is 0 Å². The summed E-state index contributed by atoms with van der Waals surface area (Å²) in [5.74, 6) is 1.06. The minimum atomic E-state index is 0.0994. The molecule has 0 saturated carbocycles. The van der Waals surface area contributed by atoms with Gasteiger partial charge in [-0.25, -0.2) is 0 Å². The van der Waals surface area contributed by atoms with E-state index in [1.54, 1.807) is 18.1 Å². The topological polar surface area (TPSA) is 46.3 Å². The Bertz CT molecular complexity index is 332. The Kier molecular flexibility index (Phi) is 1.83. The lowest BCUT2D eigenvalue weighted by atomic mass is 10.0. The lowest BCUT2D eigenvalue weighted by Crippen LogP contribution is -2.24. The van der Waals surface area contributed by atoms with Gasteiger partial charge >= 0.3 is 0 Å². The van der Waals surface area contributed by atoms with Gasteiger partial charge in [-0.1, -0.05) is 12.1 Å². The van der Waals surface area contributed by atoms with Gasteiger partial charge in [0.25, 0.3) is 0 Å². The Morgan fingerprint density at radius 3 is 3.23 bits per heavy atom. The molecule has 2 rings (SSSR count). The number of amides is 1. The summed E-state index contributed by atoms with van der Waals surface area (Å²) >= 11 is 0. The van der Waals surface area contributed by atoms with Gasteiger partial charge in [-0.3, -0.25) is 9.69 Å². The average molecular weight is 180 g/mol. The number of hydrogen-bond acceptors (Lipinski definition) is 3. The second-order valence-corrected chi connectivity index (χ2v) is 3.48. The predicted octanol–water partition coefficient (Wildman–Crippen LogP) is 1.53. The summed E-state index contributed by atoms with van der Waals surface area (Å²) in [6.07, 6.45) is 3.16. The second-order valence-electron chi connectivity index (χ2n) is 3.48. The van der Waals surface area contributed by atoms with E-state index >= 15 is 0 Å². The molecule has 4 nitrogen and oxygen atoms in total. The van der Waals surface area contributed by atoms with Crippen molar-refractivity contribution in [2.45, 2.75) is 25.7 Å². The van der Waals surface area contributed by atoms with E-state index in [1.807, 2.05) is 0 Å². The summed E-state index contributed by atoms with van der Waals surface area (Å²) in [6.45, 7) is 2.09. The van der Waals surface area contributed by atoms with Gasteiger partial charge in [0.1, 0.15) is 0 Å². The van der Waals surface area contributed by atoms with Crippen LogP contribution in [0, 0.1) is 0 Å². The average Bonchev–Trinajstić information content (AvgIpc) is 2.57. The minimum absolute atomic E-state index is 0.0994. The zero-order valence-corrected chi connectivity index (χ0v) is 7.78. The number of carbonyl (C=O) groups is 1. The molecule has 1 unspecified atom stereocenters. The highest BCUT2D eigenvalue weighted by atomic mass is 16.5. The van der Waals surface area contributed by atoms with Crippen LogP contribution in [-0.4, -0.2) is 18.1 Å². The molecule has 0 bridgehead atoms. The van der Waals surface area contributed by atoms with E-state index in [0.717, 1.165) is 12.0 Å². The quantitative estimate of drug-likeness (QED) is 0.608. The normalized spacial score (nSPS) is 22.8. The lowest BCUT2D eigenvalue weighted by Gasteiger charge is -2.10. The first-order valence-electron chi connectivity index (χ1n) is 4.41. The first kappa shape index (κ1) is 8.29. The summed E-state index contributed by atoms with van der Waals surface area (Å²) in [5.41, 5.74) is 1.04. The summed E-state index contributed by atoms with van der Waals surface area (Å²) in [6, 6.07) is 0. The van der Waals surface area contributed by atoms with Crippen LogP contribution in [0.1, 0.15) is 31.2 Å². The van der Waals surface area contributed by atoms with Crippen molar-refractivity contribution in [1.82, 2.24) is 5.16 Å². The number of carbonyl (C=O) groups excluding carboxylic acids is 1. The number of fused-ring (bicyclic) bond motifs is 1. The molecule has 1 amide bonds. The highest BCUT2D eigenvalue weighted by Gasteiger charge is 2.26. The van der Waals surface area contributed by atoms with E-state index in [4.69, 9.17) is 4.52 Å². The Morgan fingerprint density at radius 2 is 2.46 bits per heavy atom. The molecule has 1 aromatic heterocycles. The molecule has 0 spiro atoms. The molecule has 1 aliphatic heterocycles. The summed E-state index contributed by atoms with van der Waals surface area (Å²) < 4.78 is 5.04. The molecule has 1 aliphatic rings. The van der Waals surface area contributed by atoms with Crippen LogP contribution in [0.2, 0.25) is 0 Å². The highest BCUT2D eigenvalue weighted by molar-refractivity contribution is 5.92. The molecule has 4 heteroatoms. The van der Waals surface area contributed by atoms with Crippen LogP contribution < -0.4 is 4.90 Å². The summed E-state index contributed by atoms with van der Waals surface area (Å²) in [4.78, 5) is 13.0. The smallest absolute Gasteiger partial charge is 0.237 e. The minimum Gasteiger partial charge on any atom is -0.338 e. The van der Waals surface area contributed by atoms with E-state index < -0.39 is 0 Å². The van der Waals surface area contributed by atoms with E-state index in [9.17, 15) is 4.79 Å². The molecule has 13 heavy (non-hydrogen) atoms. The number of rotatable bonds is 0. The third-order valence-electron chi connectivity index (χ3n) is 2.58. The monoisotopic (exact) mass is 180 g/mol. The molecule has 0 aromatic carbocycles. The van der Waals surface area contributed by atoms with E-state index in [-0.39, 0.29) is 5.91 Å². The maximum absolute atomic E-state index is 11.5. The third kappa shape index (κ3) is 1.22. The number of anilines is 1. The van der Waals surface area contributed by atoms with Crippen molar-refractivity contribution < 1.29 is 9.32 Å². The first-order chi connectivity index (χ1) is 6.20. The number of hydrogen-bond donors (Lipinski definition) is 0. The maximum Gasteiger partial charge on any atom is 0.237 e. The molecule has 0 aliphatic carbocycles. The molecule has 70 valence electrons. The van der Waals surface area contributed by atoms with Gasteiger partial charge in [0.05, 0.1) is 6.20 Å². The zero-order chi connectivity index (χ0) is 9.42. The number of aromatic nitrogens is 1. The molecule has 0 radical (unpaired) electrons. The number of nitrogens with zero attached hydrogens (tertiary/aromatic N) is 2. The fourth-order valence-electron chi connectivity index (χ4n) is 1.61. The Balaban J connectivity index is 2.46. The van der Waals surface area contributed by atoms with Crippen molar-refractivity contribution in [2.75, 3.05) is 11.9 Å². The van der Waals surface area contributed by atoms with Gasteiger partial charge < -0.3 is 4.52 Å². The SMILES string of the molecule is CC1CCC(=O)N(C)c2oncc21. The van der Waals surface area contributed by atoms with Gasteiger partial charge in [0, 0.05) is 19.0 Å². The van der Waals surface area contributed by atoms with Crippen LogP contribution in [0.5, 0.6) is 0 Å². The Hall–Kier alpha value is -1.32. The third-order valence-corrected chi connectivity index (χ3v) is 2.58. The standard InChI is InChI=1S/C9H12N2O2/c1-6-3-4-8(12)11(2)9-7(6)5-10-13-9/h5-6H,3-4H2,1-2H3. The molecule has 2 heterocycles. The zero-order valence-electron chi connectivity index (χ0n) is 7.78. The van der Waals surface area contributed by atoms with Gasteiger partial charge in [0.2, 0.25) is 11.8 Å². The van der Waals surface area contributed by atoms with Crippen LogP contribution in [0.3, 0.4) is 0 Å². The molecular weight excluding hydrogens is 168 g/mol. The van der Waals surface area contributed by atoms with Crippen molar-refractivity contribution in [3.8, 4) is 0 Å². The Labute approximate surface area is 76.5 Å². The summed E-state index contributed by atoms with van der Waals surface area (Å²) in [7, 11) is 1.73. The first-order valence-corrected chi connectivity index (χ1v) is 4.41. The summed E-state index contributed by atoms with van der Waals surface area (Å²) in [5, 5.41) is 3.71. The highest BCUT2D eigenvalue weighted by Crippen LogP contribution is 2.33. The maximum atomic E-state index is 11.5. The van der Waals surface area contributed by atoms with Crippen LogP contribution in [-0.2, 0) is 4.79 Å². The fourth-order valence-corrected chi connectivity index (χ4v) is 1.61. The van der Waals surface area contributed by atoms with Crippen molar-refractivity contribution in [1.29, 1.82) is 0 Å². The van der Waals surface area contributed by atoms with Crippen molar-refractivity contribution in [3.63, 3.8) is 0 Å². The van der Waals surface area contributed by atoms with Crippen molar-refractivity contribution in [3.05, 3.63) is 11.8 Å². The predicted molar refractivity (Wildman–Crippen MR) is 47.6 cm³/mol. The molecule has 1 aromatic rings. The van der Waals surface area contributed by atoms with Crippen molar-refractivity contribution >= 4 is 11.8 Å². The Morgan fingerprint density at radius 1 is 1.69 bits per heavy atom. The largest absolute Gasteiger partial charge is 0.338 e. The van der Waals surface area contributed by atoms with Gasteiger partial charge in [-0.15, -0.1) is 0 Å². The van der Waals surface area contributed by atoms with Crippen LogP contribution in [0.15, 0.2) is 10.7 Å². The second kappa shape index (κ2) is 2.87. The molecule has 1 atom stereocenters. The molecule has 0 fully saturated rings. The molecule has 0 saturated heterocycles. The van der Waals surface area contributed by atoms with E-state index in [1.165, 1.54) is 0 Å². The lowest BCUT2D eigenvalue weighted by molar-refractivity contribution is -0.118. The van der Waals surface area contributed by atoms with Crippen LogP contribution in [0.25, 0.3) is 0 Å².